The molecule has 0 N–H and O–H groups in total. The highest BCUT2D eigenvalue weighted by Crippen LogP contribution is 2.20. The minimum Gasteiger partial charge on any atom is -0.493 e. The third-order valence-corrected chi connectivity index (χ3v) is 2.85. The summed E-state index contributed by atoms with van der Waals surface area (Å²) in [4.78, 5) is 12.0. The normalized spacial score (nSPS) is 10.7. The molecule has 102 valence electrons. The largest absolute Gasteiger partial charge is 0.493 e. The van der Waals surface area contributed by atoms with E-state index in [4.69, 9.17) is 4.74 Å². The van der Waals surface area contributed by atoms with E-state index >= 15 is 0 Å². The zero-order valence-electron chi connectivity index (χ0n) is 11.6. The number of carbonyl (C=O) groups excluding carboxylic acids is 1. The van der Waals surface area contributed by atoms with E-state index < -0.39 is 0 Å². The zero-order chi connectivity index (χ0) is 14.2. The van der Waals surface area contributed by atoms with Crippen LogP contribution in [-0.2, 0) is 0 Å². The molecule has 0 radical (unpaired) electrons. The lowest BCUT2D eigenvalue weighted by atomic mass is 10.1. The van der Waals surface area contributed by atoms with Crippen molar-refractivity contribution in [2.45, 2.75) is 13.3 Å². The van der Waals surface area contributed by atoms with E-state index in [-0.39, 0.29) is 5.78 Å². The predicted octanol–water partition coefficient (Wildman–Crippen LogP) is 4.37. The molecule has 0 atom stereocenters. The van der Waals surface area contributed by atoms with Crippen LogP contribution in [0.3, 0.4) is 0 Å². The number of hydrogen-bond acceptors (Lipinski definition) is 2. The number of benzene rings is 2. The van der Waals surface area contributed by atoms with Gasteiger partial charge in [-0.25, -0.2) is 0 Å². The minimum atomic E-state index is -0.00380. The van der Waals surface area contributed by atoms with Gasteiger partial charge in [0.25, 0.3) is 0 Å². The Kier molecular flexibility index (Phi) is 5.13. The molecule has 0 fully saturated rings. The summed E-state index contributed by atoms with van der Waals surface area (Å²) in [5, 5.41) is 0. The maximum Gasteiger partial charge on any atom is 0.185 e. The van der Waals surface area contributed by atoms with Gasteiger partial charge >= 0.3 is 0 Å². The fourth-order valence-corrected chi connectivity index (χ4v) is 1.83. The van der Waals surface area contributed by atoms with Crippen molar-refractivity contribution in [1.82, 2.24) is 0 Å². The summed E-state index contributed by atoms with van der Waals surface area (Å²) in [6.07, 6.45) is 4.35. The average Bonchev–Trinajstić information content (AvgIpc) is 2.52. The van der Waals surface area contributed by atoms with Gasteiger partial charge < -0.3 is 4.74 Å². The Morgan fingerprint density at radius 1 is 1.05 bits per heavy atom. The summed E-state index contributed by atoms with van der Waals surface area (Å²) in [6, 6.07) is 17.0. The van der Waals surface area contributed by atoms with E-state index in [0.29, 0.717) is 12.2 Å². The molecule has 2 aromatic carbocycles. The lowest BCUT2D eigenvalue weighted by Gasteiger charge is -2.07. The highest BCUT2D eigenvalue weighted by molar-refractivity contribution is 6.06. The molecule has 0 bridgehead atoms. The van der Waals surface area contributed by atoms with Gasteiger partial charge in [-0.05, 0) is 24.6 Å². The summed E-state index contributed by atoms with van der Waals surface area (Å²) in [6.45, 7) is 2.74. The lowest BCUT2D eigenvalue weighted by molar-refractivity contribution is 0.104. The Labute approximate surface area is 119 Å². The zero-order valence-corrected chi connectivity index (χ0v) is 11.6. The number of hydrogen-bond donors (Lipinski definition) is 0. The molecule has 0 saturated heterocycles. The average molecular weight is 266 g/mol. The van der Waals surface area contributed by atoms with Crippen molar-refractivity contribution in [3.05, 3.63) is 71.8 Å². The molecule has 2 heteroatoms. The summed E-state index contributed by atoms with van der Waals surface area (Å²) >= 11 is 0. The van der Waals surface area contributed by atoms with E-state index in [1.807, 2.05) is 54.6 Å². The number of allylic oxidation sites excluding steroid dienone is 1. The van der Waals surface area contributed by atoms with Crippen LogP contribution in [0.5, 0.6) is 5.75 Å². The molecule has 2 aromatic rings. The standard InChI is InChI=1S/C18H18O2/c1-2-14-20-18-11-7-6-10-16(18)12-13-17(19)15-8-4-3-5-9-15/h3-13H,2,14H2,1H3/b13-12+. The second kappa shape index (κ2) is 7.29. The van der Waals surface area contributed by atoms with Gasteiger partial charge in [0.2, 0.25) is 0 Å². The third-order valence-electron chi connectivity index (χ3n) is 2.85. The Hall–Kier alpha value is -2.35. The maximum absolute atomic E-state index is 12.0. The molecular weight excluding hydrogens is 248 g/mol. The molecule has 2 rings (SSSR count). The van der Waals surface area contributed by atoms with Crippen LogP contribution >= 0.6 is 0 Å². The van der Waals surface area contributed by atoms with Gasteiger partial charge in [0.1, 0.15) is 5.75 Å². The molecule has 2 nitrogen and oxygen atoms in total. The van der Waals surface area contributed by atoms with E-state index in [0.717, 1.165) is 17.7 Å². The Morgan fingerprint density at radius 3 is 2.50 bits per heavy atom. The maximum atomic E-state index is 12.0. The van der Waals surface area contributed by atoms with Crippen LogP contribution in [0.4, 0.5) is 0 Å². The first-order valence-electron chi connectivity index (χ1n) is 6.80. The SMILES string of the molecule is CCCOc1ccccc1/C=C/C(=O)c1ccccc1. The molecule has 0 unspecified atom stereocenters. The fourth-order valence-electron chi connectivity index (χ4n) is 1.83. The molecule has 20 heavy (non-hydrogen) atoms. The van der Waals surface area contributed by atoms with Crippen molar-refractivity contribution in [3.8, 4) is 5.75 Å². The minimum absolute atomic E-state index is 0.00380. The number of para-hydroxylation sites is 1. The highest BCUT2D eigenvalue weighted by atomic mass is 16.5. The van der Waals surface area contributed by atoms with Gasteiger partial charge in [0.15, 0.2) is 5.78 Å². The van der Waals surface area contributed by atoms with Crippen molar-refractivity contribution < 1.29 is 9.53 Å². The molecule has 0 aromatic heterocycles. The molecule has 0 aliphatic heterocycles. The third kappa shape index (κ3) is 3.82. The Morgan fingerprint density at radius 2 is 1.75 bits per heavy atom. The van der Waals surface area contributed by atoms with Crippen molar-refractivity contribution >= 4 is 11.9 Å². The summed E-state index contributed by atoms with van der Waals surface area (Å²) in [5.41, 5.74) is 1.61. The number of ether oxygens (including phenoxy) is 1. The van der Waals surface area contributed by atoms with Gasteiger partial charge in [-0.2, -0.15) is 0 Å². The van der Waals surface area contributed by atoms with Crippen LogP contribution in [0, 0.1) is 0 Å². The summed E-state index contributed by atoms with van der Waals surface area (Å²) in [7, 11) is 0. The van der Waals surface area contributed by atoms with Crippen LogP contribution in [0.15, 0.2) is 60.7 Å². The number of ketones is 1. The second-order valence-corrected chi connectivity index (χ2v) is 4.45. The number of rotatable bonds is 6. The van der Waals surface area contributed by atoms with Crippen LogP contribution in [-0.4, -0.2) is 12.4 Å². The molecule has 0 amide bonds. The van der Waals surface area contributed by atoms with E-state index in [1.165, 1.54) is 0 Å². The van der Waals surface area contributed by atoms with Gasteiger partial charge in [-0.3, -0.25) is 4.79 Å². The topological polar surface area (TPSA) is 26.3 Å². The van der Waals surface area contributed by atoms with Gasteiger partial charge in [-0.1, -0.05) is 55.5 Å². The quantitative estimate of drug-likeness (QED) is 0.573. The number of carbonyl (C=O) groups is 1. The van der Waals surface area contributed by atoms with Crippen molar-refractivity contribution in [2.24, 2.45) is 0 Å². The summed E-state index contributed by atoms with van der Waals surface area (Å²) in [5.74, 6) is 0.808. The first-order chi connectivity index (χ1) is 9.81. The first-order valence-corrected chi connectivity index (χ1v) is 6.80. The summed E-state index contributed by atoms with van der Waals surface area (Å²) < 4.78 is 5.66. The van der Waals surface area contributed by atoms with E-state index in [9.17, 15) is 4.79 Å². The van der Waals surface area contributed by atoms with Crippen molar-refractivity contribution in [3.63, 3.8) is 0 Å². The van der Waals surface area contributed by atoms with Gasteiger partial charge in [0, 0.05) is 11.1 Å². The molecule has 0 aliphatic carbocycles. The van der Waals surface area contributed by atoms with Crippen molar-refractivity contribution in [2.75, 3.05) is 6.61 Å². The highest BCUT2D eigenvalue weighted by Gasteiger charge is 2.02. The van der Waals surface area contributed by atoms with Gasteiger partial charge in [-0.15, -0.1) is 0 Å². The molecular formula is C18H18O2. The monoisotopic (exact) mass is 266 g/mol. The molecule has 0 spiro atoms. The Balaban J connectivity index is 2.13. The Bertz CT molecular complexity index is 585. The van der Waals surface area contributed by atoms with Crippen LogP contribution < -0.4 is 4.74 Å². The van der Waals surface area contributed by atoms with Crippen LogP contribution in [0.25, 0.3) is 6.08 Å². The van der Waals surface area contributed by atoms with E-state index in [1.54, 1.807) is 12.2 Å². The van der Waals surface area contributed by atoms with Gasteiger partial charge in [0.05, 0.1) is 6.61 Å². The first kappa shape index (κ1) is 14.1. The molecule has 0 saturated carbocycles. The predicted molar refractivity (Wildman–Crippen MR) is 82.0 cm³/mol. The van der Waals surface area contributed by atoms with E-state index in [2.05, 4.69) is 6.92 Å². The van der Waals surface area contributed by atoms with Crippen LogP contribution in [0.1, 0.15) is 29.3 Å². The fraction of sp³-hybridized carbons (Fsp3) is 0.167. The smallest absolute Gasteiger partial charge is 0.185 e. The lowest BCUT2D eigenvalue weighted by Crippen LogP contribution is -1.97. The van der Waals surface area contributed by atoms with Crippen molar-refractivity contribution in [1.29, 1.82) is 0 Å². The second-order valence-electron chi connectivity index (χ2n) is 4.45. The molecule has 0 aliphatic rings. The van der Waals surface area contributed by atoms with Crippen LogP contribution in [0.2, 0.25) is 0 Å². The molecule has 0 heterocycles.